The Morgan fingerprint density at radius 1 is 0.562 bits per heavy atom. The van der Waals surface area contributed by atoms with Gasteiger partial charge in [0, 0.05) is 34.4 Å². The first-order chi connectivity index (χ1) is 30.1. The number of sulfone groups is 2. The van der Waals surface area contributed by atoms with E-state index in [9.17, 15) is 48.3 Å². The summed E-state index contributed by atoms with van der Waals surface area (Å²) in [5, 5.41) is 17.3. The van der Waals surface area contributed by atoms with Crippen LogP contribution in [0.3, 0.4) is 0 Å². The van der Waals surface area contributed by atoms with Crippen LogP contribution >= 0.6 is 22.7 Å². The number of rotatable bonds is 10. The normalized spacial score (nSPS) is 12.2. The smallest absolute Gasteiger partial charge is 0.435 e. The number of phenols is 1. The Labute approximate surface area is 371 Å². The molecule has 0 aliphatic carbocycles. The van der Waals surface area contributed by atoms with E-state index in [-0.39, 0.29) is 32.6 Å². The zero-order valence-corrected chi connectivity index (χ0v) is 36.9. The summed E-state index contributed by atoms with van der Waals surface area (Å²) in [7, 11) is -6.79. The molecule has 0 radical (unpaired) electrons. The third-order valence-corrected chi connectivity index (χ3v) is 13.8. The maximum atomic E-state index is 13.5. The molecule has 0 spiro atoms. The molecule has 0 saturated carbocycles. The quantitative estimate of drug-likeness (QED) is 0.134. The molecule has 4 heterocycles. The molecule has 0 saturated heterocycles. The van der Waals surface area contributed by atoms with Crippen molar-refractivity contribution in [3.05, 3.63) is 145 Å². The highest BCUT2D eigenvalue weighted by atomic mass is 32.2. The summed E-state index contributed by atoms with van der Waals surface area (Å²) in [6.07, 6.45) is -7.01. The van der Waals surface area contributed by atoms with E-state index in [2.05, 4.69) is 10.2 Å². The summed E-state index contributed by atoms with van der Waals surface area (Å²) in [6, 6.07) is 34.1. The molecule has 4 aromatic heterocycles. The zero-order chi connectivity index (χ0) is 46.2. The van der Waals surface area contributed by atoms with Crippen molar-refractivity contribution in [2.24, 2.45) is 0 Å². The Morgan fingerprint density at radius 2 is 0.984 bits per heavy atom. The van der Waals surface area contributed by atoms with Crippen LogP contribution in [0, 0.1) is 0 Å². The minimum atomic E-state index is -4.64. The lowest BCUT2D eigenvalue weighted by Crippen LogP contribution is -2.07. The molecule has 0 fully saturated rings. The molecule has 0 atom stereocenters. The fourth-order valence-corrected chi connectivity index (χ4v) is 9.64. The number of aromatic nitrogens is 4. The fourth-order valence-electron chi connectivity index (χ4n) is 6.30. The van der Waals surface area contributed by atoms with Crippen LogP contribution in [0.15, 0.2) is 143 Å². The summed E-state index contributed by atoms with van der Waals surface area (Å²) < 4.78 is 136. The van der Waals surface area contributed by atoms with Gasteiger partial charge < -0.3 is 9.84 Å². The van der Waals surface area contributed by atoms with Crippen LogP contribution in [0.1, 0.15) is 18.3 Å². The van der Waals surface area contributed by atoms with Crippen molar-refractivity contribution < 1.29 is 53.0 Å². The molecule has 0 aliphatic rings. The van der Waals surface area contributed by atoms with Gasteiger partial charge in [-0.3, -0.25) is 0 Å². The molecule has 8 aromatic rings. The van der Waals surface area contributed by atoms with E-state index in [0.717, 1.165) is 34.2 Å². The molecule has 0 unspecified atom stereocenters. The first-order valence-corrected chi connectivity index (χ1v) is 24.2. The number of nitrogens with zero attached hydrogens (tertiary/aromatic N) is 4. The van der Waals surface area contributed by atoms with E-state index in [4.69, 9.17) is 4.74 Å². The van der Waals surface area contributed by atoms with Gasteiger partial charge in [-0.2, -0.15) is 36.5 Å². The molecule has 0 aliphatic heterocycles. The highest BCUT2D eigenvalue weighted by molar-refractivity contribution is 7.91. The summed E-state index contributed by atoms with van der Waals surface area (Å²) in [4.78, 5) is 2.81. The number of hydrogen-bond donors (Lipinski definition) is 1. The van der Waals surface area contributed by atoms with Gasteiger partial charge in [0.25, 0.3) is 0 Å². The van der Waals surface area contributed by atoms with E-state index in [0.29, 0.717) is 43.8 Å². The van der Waals surface area contributed by atoms with Crippen LogP contribution in [0.2, 0.25) is 0 Å². The van der Waals surface area contributed by atoms with Gasteiger partial charge in [-0.15, -0.1) is 22.7 Å². The van der Waals surface area contributed by atoms with Crippen molar-refractivity contribution in [3.8, 4) is 64.9 Å². The lowest BCUT2D eigenvalue weighted by molar-refractivity contribution is -0.142. The predicted octanol–water partition coefficient (Wildman–Crippen LogP) is 11.5. The monoisotopic (exact) mass is 956 g/mol. The highest BCUT2D eigenvalue weighted by Gasteiger charge is 2.37. The first-order valence-electron chi connectivity index (χ1n) is 18.8. The van der Waals surface area contributed by atoms with Crippen LogP contribution < -0.4 is 4.74 Å². The Morgan fingerprint density at radius 3 is 1.41 bits per heavy atom. The van der Waals surface area contributed by atoms with E-state index in [1.807, 2.05) is 6.92 Å². The minimum absolute atomic E-state index is 0.100. The van der Waals surface area contributed by atoms with Gasteiger partial charge in [0.1, 0.15) is 11.5 Å². The van der Waals surface area contributed by atoms with Crippen LogP contribution in [0.25, 0.3) is 53.4 Å². The molecular formula is C44H34F6N4O6S4. The van der Waals surface area contributed by atoms with Gasteiger partial charge in [0.2, 0.25) is 0 Å². The number of thiophene rings is 2. The van der Waals surface area contributed by atoms with Crippen LogP contribution in [-0.4, -0.2) is 60.6 Å². The molecule has 8 rings (SSSR count). The number of hydrogen-bond acceptors (Lipinski definition) is 10. The van der Waals surface area contributed by atoms with Crippen molar-refractivity contribution in [2.45, 2.75) is 29.1 Å². The Kier molecular flexibility index (Phi) is 12.7. The number of benzene rings is 4. The third kappa shape index (κ3) is 10.4. The molecule has 332 valence electrons. The second kappa shape index (κ2) is 17.7. The van der Waals surface area contributed by atoms with Gasteiger partial charge in [-0.25, -0.2) is 26.2 Å². The number of halogens is 6. The average molecular weight is 957 g/mol. The Bertz CT molecular complexity index is 3210. The van der Waals surface area contributed by atoms with Crippen LogP contribution in [0.5, 0.6) is 11.5 Å². The maximum Gasteiger partial charge on any atom is 0.435 e. The third-order valence-electron chi connectivity index (χ3n) is 9.26. The summed E-state index contributed by atoms with van der Waals surface area (Å²) in [6.45, 7) is 2.24. The Balaban J connectivity index is 0.000000192. The highest BCUT2D eigenvalue weighted by Crippen LogP contribution is 2.41. The number of alkyl halides is 6. The summed E-state index contributed by atoms with van der Waals surface area (Å²) in [5.41, 5.74) is 0.418. The van der Waals surface area contributed by atoms with Gasteiger partial charge in [-0.05, 0) is 103 Å². The van der Waals surface area contributed by atoms with Crippen LogP contribution in [0.4, 0.5) is 26.3 Å². The number of phenolic OH excluding ortho intramolecular Hbond substituents is 1. The summed E-state index contributed by atoms with van der Waals surface area (Å²) >= 11 is 2.46. The second-order valence-corrected chi connectivity index (χ2v) is 20.2. The molecular weight excluding hydrogens is 923 g/mol. The predicted molar refractivity (Wildman–Crippen MR) is 234 cm³/mol. The lowest BCUT2D eigenvalue weighted by atomic mass is 10.2. The molecule has 0 amide bonds. The van der Waals surface area contributed by atoms with E-state index in [1.54, 1.807) is 84.9 Å². The van der Waals surface area contributed by atoms with Gasteiger partial charge in [0.15, 0.2) is 31.1 Å². The molecule has 64 heavy (non-hydrogen) atoms. The summed E-state index contributed by atoms with van der Waals surface area (Å²) in [5.74, 6) is 0.423. The molecule has 4 aromatic carbocycles. The second-order valence-electron chi connectivity index (χ2n) is 14.0. The molecule has 0 bridgehead atoms. The topological polar surface area (TPSA) is 133 Å². The van der Waals surface area contributed by atoms with Crippen molar-refractivity contribution in [1.29, 1.82) is 0 Å². The molecule has 1 N–H and O–H groups in total. The molecule has 20 heteroatoms. The fraction of sp³-hybridized carbons (Fsp3) is 0.136. The minimum Gasteiger partial charge on any atom is -0.508 e. The van der Waals surface area contributed by atoms with Gasteiger partial charge >= 0.3 is 12.4 Å². The number of aromatic hydroxyl groups is 1. The lowest BCUT2D eigenvalue weighted by Gasteiger charge is -2.09. The van der Waals surface area contributed by atoms with Crippen molar-refractivity contribution in [1.82, 2.24) is 19.6 Å². The molecule has 10 nitrogen and oxygen atoms in total. The van der Waals surface area contributed by atoms with Crippen molar-refractivity contribution in [2.75, 3.05) is 19.1 Å². The van der Waals surface area contributed by atoms with E-state index in [1.165, 1.54) is 63.8 Å². The van der Waals surface area contributed by atoms with Gasteiger partial charge in [-0.1, -0.05) is 36.4 Å². The maximum absolute atomic E-state index is 13.5. The SMILES string of the molecule is CCOc1cccc(-n2nc(C(F)(F)F)cc2-c2ccc(-c3cccc(S(C)(=O)=O)c3)s2)c1.CS(=O)(=O)c1cccc(-c2ccc(-c3cc(C(F)(F)F)nn3-c3cccc(O)c3)s2)c1. The van der Waals surface area contributed by atoms with Gasteiger partial charge in [0.05, 0.1) is 48.9 Å². The largest absolute Gasteiger partial charge is 0.508 e. The standard InChI is InChI=1S/C23H19F3N2O3S2.C21H15F3N2O3S2/c1-3-31-17-8-5-7-16(13-17)28-19(14-22(27-28)23(24,25)26)21-11-10-20(32-21)15-6-4-9-18(12-15)33(2,29)30;1-31(28,29)16-7-2-4-13(10-16)18-8-9-19(30-18)17-12-20(21(22,23)24)25-26(17)14-5-3-6-15(27)11-14/h4-14H,3H2,1-2H3;2-12,27H,1H3. The van der Waals surface area contributed by atoms with Crippen molar-refractivity contribution >= 4 is 42.3 Å². The average Bonchev–Trinajstić information content (AvgIpc) is 4.06. The van der Waals surface area contributed by atoms with E-state index < -0.39 is 43.4 Å². The zero-order valence-electron chi connectivity index (χ0n) is 33.6. The number of ether oxygens (including phenoxy) is 1. The van der Waals surface area contributed by atoms with E-state index >= 15 is 0 Å². The van der Waals surface area contributed by atoms with Crippen LogP contribution in [-0.2, 0) is 32.0 Å². The van der Waals surface area contributed by atoms with Crippen molar-refractivity contribution in [3.63, 3.8) is 0 Å². The first kappa shape index (κ1) is 45.8. The Hall–Kier alpha value is -6.22.